The second kappa shape index (κ2) is 12.2. The van der Waals surface area contributed by atoms with Crippen LogP contribution in [0.1, 0.15) is 11.1 Å². The van der Waals surface area contributed by atoms with Crippen molar-refractivity contribution in [2.24, 2.45) is 5.10 Å². The number of thioether (sulfide) groups is 1. The maximum absolute atomic E-state index is 12.4. The van der Waals surface area contributed by atoms with Crippen LogP contribution in [0.15, 0.2) is 89.1 Å². The number of para-hydroxylation sites is 1. The molecular weight excluding hydrogens is 494 g/mol. The lowest BCUT2D eigenvalue weighted by Crippen LogP contribution is -2.19. The van der Waals surface area contributed by atoms with Crippen LogP contribution in [0, 0.1) is 6.92 Å². The lowest BCUT2D eigenvalue weighted by Gasteiger charge is -2.10. The number of aryl methyl sites for hydroxylation is 1. The molecule has 0 radical (unpaired) electrons. The molecule has 1 N–H and O–H groups in total. The Labute approximate surface area is 218 Å². The Balaban J connectivity index is 1.44. The number of benzene rings is 3. The number of hydrogen-bond donors (Lipinski definition) is 1. The number of halogens is 1. The van der Waals surface area contributed by atoms with Gasteiger partial charge < -0.3 is 4.74 Å². The summed E-state index contributed by atoms with van der Waals surface area (Å²) < 4.78 is 7.22. The van der Waals surface area contributed by atoms with E-state index < -0.39 is 0 Å². The van der Waals surface area contributed by atoms with Gasteiger partial charge in [-0.2, -0.15) is 5.10 Å². The standard InChI is InChI=1S/C27H24ClN5O2S/c1-19-9-11-21(12-10-19)26-31-32-27(33(26)23-15-13-22(28)14-16-23)36-18-25(34)30-29-17-5-7-20-6-3-4-8-24(20)35-2/h3-17H,18H2,1-2H3,(H,30,34)/b7-5+,29-17-. The van der Waals surface area contributed by atoms with Crippen LogP contribution in [0.25, 0.3) is 23.2 Å². The minimum Gasteiger partial charge on any atom is -0.496 e. The van der Waals surface area contributed by atoms with Gasteiger partial charge >= 0.3 is 0 Å². The van der Waals surface area contributed by atoms with E-state index in [9.17, 15) is 4.79 Å². The van der Waals surface area contributed by atoms with Gasteiger partial charge in [-0.25, -0.2) is 5.43 Å². The molecule has 182 valence electrons. The van der Waals surface area contributed by atoms with E-state index in [-0.39, 0.29) is 11.7 Å². The van der Waals surface area contributed by atoms with E-state index in [0.717, 1.165) is 28.1 Å². The van der Waals surface area contributed by atoms with E-state index in [0.29, 0.717) is 16.0 Å². The van der Waals surface area contributed by atoms with Gasteiger partial charge in [0.1, 0.15) is 5.75 Å². The first-order valence-corrected chi connectivity index (χ1v) is 12.4. The highest BCUT2D eigenvalue weighted by Gasteiger charge is 2.17. The van der Waals surface area contributed by atoms with Gasteiger partial charge in [0, 0.05) is 28.1 Å². The number of hydrazone groups is 1. The van der Waals surface area contributed by atoms with Gasteiger partial charge in [-0.05, 0) is 49.4 Å². The number of aromatic nitrogens is 3. The summed E-state index contributed by atoms with van der Waals surface area (Å²) in [7, 11) is 1.62. The van der Waals surface area contributed by atoms with Crippen molar-refractivity contribution >= 4 is 41.6 Å². The van der Waals surface area contributed by atoms with Crippen LogP contribution in [0.2, 0.25) is 5.02 Å². The fraction of sp³-hybridized carbons (Fsp3) is 0.111. The van der Waals surface area contributed by atoms with Gasteiger partial charge in [-0.15, -0.1) is 10.2 Å². The molecular formula is C27H24ClN5O2S. The first-order chi connectivity index (χ1) is 17.5. The quantitative estimate of drug-likeness (QED) is 0.172. The molecule has 0 spiro atoms. The summed E-state index contributed by atoms with van der Waals surface area (Å²) in [6, 6.07) is 23.1. The van der Waals surface area contributed by atoms with E-state index in [1.807, 2.05) is 90.4 Å². The largest absolute Gasteiger partial charge is 0.496 e. The summed E-state index contributed by atoms with van der Waals surface area (Å²) in [4.78, 5) is 12.4. The van der Waals surface area contributed by atoms with Crippen molar-refractivity contribution in [2.75, 3.05) is 12.9 Å². The molecule has 0 saturated heterocycles. The van der Waals surface area contributed by atoms with Crippen molar-refractivity contribution in [3.63, 3.8) is 0 Å². The molecule has 36 heavy (non-hydrogen) atoms. The Kier molecular flexibility index (Phi) is 8.54. The van der Waals surface area contributed by atoms with Gasteiger partial charge in [0.25, 0.3) is 5.91 Å². The average molecular weight is 518 g/mol. The Bertz CT molecular complexity index is 1380. The third-order valence-electron chi connectivity index (χ3n) is 5.12. The number of hydrogen-bond acceptors (Lipinski definition) is 6. The molecule has 0 aliphatic heterocycles. The summed E-state index contributed by atoms with van der Waals surface area (Å²) in [5.74, 6) is 1.30. The first-order valence-electron chi connectivity index (χ1n) is 11.1. The van der Waals surface area contributed by atoms with Crippen molar-refractivity contribution in [3.8, 4) is 22.8 Å². The molecule has 4 aromatic rings. The van der Waals surface area contributed by atoms with Crippen LogP contribution >= 0.6 is 23.4 Å². The molecule has 0 aliphatic rings. The molecule has 1 heterocycles. The van der Waals surface area contributed by atoms with Crippen LogP contribution in [0.4, 0.5) is 0 Å². The highest BCUT2D eigenvalue weighted by molar-refractivity contribution is 7.99. The molecule has 9 heteroatoms. The third kappa shape index (κ3) is 6.41. The van der Waals surface area contributed by atoms with Crippen LogP contribution in [-0.4, -0.2) is 39.7 Å². The van der Waals surface area contributed by atoms with Gasteiger partial charge in [-0.3, -0.25) is 9.36 Å². The lowest BCUT2D eigenvalue weighted by molar-refractivity contribution is -0.118. The number of nitrogens with one attached hydrogen (secondary N) is 1. The minimum atomic E-state index is -0.260. The molecule has 1 aromatic heterocycles. The zero-order valence-corrected chi connectivity index (χ0v) is 21.3. The molecule has 0 saturated carbocycles. The van der Waals surface area contributed by atoms with Gasteiger partial charge in [0.15, 0.2) is 11.0 Å². The summed E-state index contributed by atoms with van der Waals surface area (Å²) in [6.07, 6.45) is 5.10. The predicted octanol–water partition coefficient (Wildman–Crippen LogP) is 5.81. The maximum atomic E-state index is 12.4. The molecule has 1 amide bonds. The number of carbonyl (C=O) groups excluding carboxylic acids is 1. The predicted molar refractivity (Wildman–Crippen MR) is 146 cm³/mol. The van der Waals surface area contributed by atoms with Gasteiger partial charge in [0.05, 0.1) is 12.9 Å². The Morgan fingerprint density at radius 2 is 1.83 bits per heavy atom. The van der Waals surface area contributed by atoms with Crippen molar-refractivity contribution in [1.82, 2.24) is 20.2 Å². The fourth-order valence-electron chi connectivity index (χ4n) is 3.34. The molecule has 0 aliphatic carbocycles. The van der Waals surface area contributed by atoms with E-state index in [1.165, 1.54) is 18.0 Å². The number of allylic oxidation sites excluding steroid dienone is 1. The van der Waals surface area contributed by atoms with Crippen molar-refractivity contribution in [2.45, 2.75) is 12.1 Å². The third-order valence-corrected chi connectivity index (χ3v) is 6.31. The Hall–Kier alpha value is -3.88. The highest BCUT2D eigenvalue weighted by Crippen LogP contribution is 2.28. The zero-order chi connectivity index (χ0) is 25.3. The molecule has 0 bridgehead atoms. The number of rotatable bonds is 9. The van der Waals surface area contributed by atoms with Crippen molar-refractivity contribution in [3.05, 3.63) is 95.0 Å². The summed E-state index contributed by atoms with van der Waals surface area (Å²) in [5, 5.41) is 14.0. The molecule has 7 nitrogen and oxygen atoms in total. The first kappa shape index (κ1) is 25.2. The van der Waals surface area contributed by atoms with E-state index in [1.54, 1.807) is 13.2 Å². The molecule has 0 atom stereocenters. The van der Waals surface area contributed by atoms with Crippen LogP contribution in [-0.2, 0) is 4.79 Å². The molecule has 0 unspecified atom stereocenters. The number of nitrogens with zero attached hydrogens (tertiary/aromatic N) is 4. The Morgan fingerprint density at radius 3 is 2.58 bits per heavy atom. The van der Waals surface area contributed by atoms with E-state index in [2.05, 4.69) is 20.7 Å². The van der Waals surface area contributed by atoms with Crippen LogP contribution < -0.4 is 10.2 Å². The fourth-order valence-corrected chi connectivity index (χ4v) is 4.21. The molecule has 0 fully saturated rings. The van der Waals surface area contributed by atoms with Crippen molar-refractivity contribution < 1.29 is 9.53 Å². The van der Waals surface area contributed by atoms with Crippen LogP contribution in [0.3, 0.4) is 0 Å². The topological polar surface area (TPSA) is 81.4 Å². The smallest absolute Gasteiger partial charge is 0.250 e. The number of ether oxygens (including phenoxy) is 1. The second-order valence-corrected chi connectivity index (χ2v) is 9.07. The van der Waals surface area contributed by atoms with E-state index in [4.69, 9.17) is 16.3 Å². The van der Waals surface area contributed by atoms with E-state index >= 15 is 0 Å². The second-order valence-electron chi connectivity index (χ2n) is 7.69. The van der Waals surface area contributed by atoms with Gasteiger partial charge in [-0.1, -0.05) is 71.4 Å². The number of amides is 1. The number of carbonyl (C=O) groups is 1. The molecule has 3 aromatic carbocycles. The average Bonchev–Trinajstić information content (AvgIpc) is 3.32. The summed E-state index contributed by atoms with van der Waals surface area (Å²) in [6.45, 7) is 2.03. The highest BCUT2D eigenvalue weighted by atomic mass is 35.5. The zero-order valence-electron chi connectivity index (χ0n) is 19.8. The SMILES string of the molecule is COc1ccccc1/C=C/C=N\NC(=O)CSc1nnc(-c2ccc(C)cc2)n1-c1ccc(Cl)cc1. The number of methoxy groups -OCH3 is 1. The lowest BCUT2D eigenvalue weighted by atomic mass is 10.1. The normalized spacial score (nSPS) is 11.3. The van der Waals surface area contributed by atoms with Crippen LogP contribution in [0.5, 0.6) is 5.75 Å². The summed E-state index contributed by atoms with van der Waals surface area (Å²) in [5.41, 5.74) is 6.37. The summed E-state index contributed by atoms with van der Waals surface area (Å²) >= 11 is 7.36. The monoisotopic (exact) mass is 517 g/mol. The molecule has 4 rings (SSSR count). The van der Waals surface area contributed by atoms with Gasteiger partial charge in [0.2, 0.25) is 0 Å². The minimum absolute atomic E-state index is 0.118. The Morgan fingerprint density at radius 1 is 1.08 bits per heavy atom. The maximum Gasteiger partial charge on any atom is 0.250 e. The van der Waals surface area contributed by atoms with Crippen molar-refractivity contribution in [1.29, 1.82) is 0 Å².